The van der Waals surface area contributed by atoms with Gasteiger partial charge in [-0.25, -0.2) is 0 Å². The van der Waals surface area contributed by atoms with Gasteiger partial charge in [-0.15, -0.1) is 0 Å². The molecule has 1 nitrogen and oxygen atoms in total. The van der Waals surface area contributed by atoms with Crippen molar-refractivity contribution < 1.29 is 0 Å². The van der Waals surface area contributed by atoms with Gasteiger partial charge in [-0.05, 0) is 55.8 Å². The molecule has 0 spiro atoms. The van der Waals surface area contributed by atoms with E-state index in [4.69, 9.17) is 5.41 Å². The highest BCUT2D eigenvalue weighted by molar-refractivity contribution is 6.06. The second-order valence-corrected chi connectivity index (χ2v) is 8.51. The molecule has 5 aromatic carbocycles. The molecule has 1 atom stereocenters. The van der Waals surface area contributed by atoms with Gasteiger partial charge in [0, 0.05) is 17.7 Å². The van der Waals surface area contributed by atoms with Gasteiger partial charge in [0.05, 0.1) is 0 Å². The smallest absolute Gasteiger partial charge is 0.0358 e. The lowest BCUT2D eigenvalue weighted by Gasteiger charge is -2.22. The minimum atomic E-state index is 0.143. The van der Waals surface area contributed by atoms with Crippen molar-refractivity contribution in [3.63, 3.8) is 0 Å². The molecule has 0 radical (unpaired) electrons. The average molecular weight is 422 g/mol. The molecule has 1 aliphatic rings. The first kappa shape index (κ1) is 19.5. The van der Waals surface area contributed by atoms with E-state index in [1.54, 1.807) is 0 Å². The molecule has 1 unspecified atom stereocenters. The number of hydrogen-bond acceptors (Lipinski definition) is 1. The second-order valence-electron chi connectivity index (χ2n) is 8.51. The summed E-state index contributed by atoms with van der Waals surface area (Å²) < 4.78 is 0. The molecule has 5 aromatic rings. The van der Waals surface area contributed by atoms with Crippen LogP contribution in [0.2, 0.25) is 0 Å². The van der Waals surface area contributed by atoms with Crippen LogP contribution in [0.1, 0.15) is 33.7 Å². The van der Waals surface area contributed by atoms with Gasteiger partial charge in [0.25, 0.3) is 0 Å². The lowest BCUT2D eigenvalue weighted by molar-refractivity contribution is 1.07. The summed E-state index contributed by atoms with van der Waals surface area (Å²) in [6.45, 7) is 0. The van der Waals surface area contributed by atoms with E-state index in [1.807, 2.05) is 0 Å². The fourth-order valence-electron chi connectivity index (χ4n) is 5.22. The molecule has 6 rings (SSSR count). The first-order valence-corrected chi connectivity index (χ1v) is 11.3. The summed E-state index contributed by atoms with van der Waals surface area (Å²) in [5, 5.41) is 10.5. The first-order valence-electron chi connectivity index (χ1n) is 11.3. The summed E-state index contributed by atoms with van der Waals surface area (Å²) in [6, 6.07) is 40.8. The van der Waals surface area contributed by atoms with Crippen molar-refractivity contribution in [1.82, 2.24) is 0 Å². The standard InChI is InChI=1S/C32H23N/c33-21-31-25-14-6-4-12-23(25)18-19-28(31)27-16-8-9-17-29(27)32-26-15-7-5-13-24(26)20-30(32)22-10-2-1-3-11-22/h1-21,32-33H. The van der Waals surface area contributed by atoms with Crippen LogP contribution in [0.4, 0.5) is 0 Å². The highest BCUT2D eigenvalue weighted by Gasteiger charge is 2.29. The Morgan fingerprint density at radius 1 is 0.576 bits per heavy atom. The zero-order valence-corrected chi connectivity index (χ0v) is 18.2. The van der Waals surface area contributed by atoms with Crippen LogP contribution in [0.5, 0.6) is 0 Å². The normalized spacial score (nSPS) is 14.7. The van der Waals surface area contributed by atoms with Gasteiger partial charge in [-0.2, -0.15) is 0 Å². The molecule has 0 aromatic heterocycles. The minimum Gasteiger partial charge on any atom is -0.308 e. The molecule has 0 saturated carbocycles. The number of nitrogens with one attached hydrogen (secondary N) is 1. The fourth-order valence-corrected chi connectivity index (χ4v) is 5.22. The van der Waals surface area contributed by atoms with Crippen molar-refractivity contribution in [1.29, 1.82) is 5.41 Å². The van der Waals surface area contributed by atoms with Crippen LogP contribution in [0.3, 0.4) is 0 Å². The zero-order chi connectivity index (χ0) is 22.2. The molecule has 0 aliphatic heterocycles. The maximum Gasteiger partial charge on any atom is 0.0358 e. The Hall–Kier alpha value is -4.23. The van der Waals surface area contributed by atoms with Crippen LogP contribution in [0.15, 0.2) is 115 Å². The minimum absolute atomic E-state index is 0.143. The zero-order valence-electron chi connectivity index (χ0n) is 18.2. The van der Waals surface area contributed by atoms with Crippen molar-refractivity contribution in [3.8, 4) is 11.1 Å². The molecule has 0 amide bonds. The molecule has 1 N–H and O–H groups in total. The monoisotopic (exact) mass is 421 g/mol. The SMILES string of the molecule is N=Cc1c(-c2ccccc2C2C(c3ccccc3)=Cc3ccccc32)ccc2ccccc12. The lowest BCUT2D eigenvalue weighted by Crippen LogP contribution is -2.04. The van der Waals surface area contributed by atoms with E-state index in [1.165, 1.54) is 39.6 Å². The van der Waals surface area contributed by atoms with Crippen molar-refractivity contribution in [2.24, 2.45) is 0 Å². The second kappa shape index (κ2) is 8.03. The van der Waals surface area contributed by atoms with E-state index in [0.717, 1.165) is 21.9 Å². The van der Waals surface area contributed by atoms with Crippen molar-refractivity contribution >= 4 is 28.6 Å². The third-order valence-corrected chi connectivity index (χ3v) is 6.71. The number of hydrogen-bond donors (Lipinski definition) is 1. The predicted molar refractivity (Wildman–Crippen MR) is 140 cm³/mol. The highest BCUT2D eigenvalue weighted by atomic mass is 14.4. The summed E-state index contributed by atoms with van der Waals surface area (Å²) in [6.07, 6.45) is 3.84. The Morgan fingerprint density at radius 3 is 2.12 bits per heavy atom. The van der Waals surface area contributed by atoms with Gasteiger partial charge in [0.1, 0.15) is 0 Å². The Morgan fingerprint density at radius 2 is 1.27 bits per heavy atom. The Balaban J connectivity index is 1.60. The van der Waals surface area contributed by atoms with Gasteiger partial charge >= 0.3 is 0 Å². The third-order valence-electron chi connectivity index (χ3n) is 6.71. The Bertz CT molecular complexity index is 1530. The first-order chi connectivity index (χ1) is 16.3. The fraction of sp³-hybridized carbons (Fsp3) is 0.0312. The Labute approximate surface area is 194 Å². The van der Waals surface area contributed by atoms with E-state index in [0.29, 0.717) is 0 Å². The van der Waals surface area contributed by atoms with Crippen LogP contribution >= 0.6 is 0 Å². The van der Waals surface area contributed by atoms with Crippen LogP contribution in [0.25, 0.3) is 33.5 Å². The lowest BCUT2D eigenvalue weighted by atomic mass is 9.80. The molecular weight excluding hydrogens is 398 g/mol. The van der Waals surface area contributed by atoms with E-state index < -0.39 is 0 Å². The van der Waals surface area contributed by atoms with Gasteiger partial charge < -0.3 is 5.41 Å². The molecule has 1 heteroatoms. The largest absolute Gasteiger partial charge is 0.308 e. The van der Waals surface area contributed by atoms with Crippen molar-refractivity contribution in [2.75, 3.05) is 0 Å². The molecule has 33 heavy (non-hydrogen) atoms. The van der Waals surface area contributed by atoms with Gasteiger partial charge in [-0.3, -0.25) is 0 Å². The summed E-state index contributed by atoms with van der Waals surface area (Å²) in [5.74, 6) is 0.143. The van der Waals surface area contributed by atoms with E-state index >= 15 is 0 Å². The number of rotatable bonds is 4. The van der Waals surface area contributed by atoms with Crippen LogP contribution in [0, 0.1) is 5.41 Å². The Kier molecular flexibility index (Phi) is 4.74. The van der Waals surface area contributed by atoms with Crippen LogP contribution in [-0.4, -0.2) is 6.21 Å². The average Bonchev–Trinajstić information content (AvgIpc) is 3.28. The molecular formula is C32H23N. The highest BCUT2D eigenvalue weighted by Crippen LogP contribution is 2.48. The molecule has 0 bridgehead atoms. The molecule has 0 heterocycles. The summed E-state index contributed by atoms with van der Waals surface area (Å²) >= 11 is 0. The molecule has 0 fully saturated rings. The van der Waals surface area contributed by atoms with E-state index in [2.05, 4.69) is 121 Å². The number of allylic oxidation sites excluding steroid dienone is 1. The summed E-state index contributed by atoms with van der Waals surface area (Å²) in [4.78, 5) is 0. The molecule has 0 saturated heterocycles. The molecule has 156 valence electrons. The van der Waals surface area contributed by atoms with E-state index in [9.17, 15) is 0 Å². The maximum absolute atomic E-state index is 8.25. The topological polar surface area (TPSA) is 23.9 Å². The third kappa shape index (κ3) is 3.21. The van der Waals surface area contributed by atoms with Crippen LogP contribution in [-0.2, 0) is 0 Å². The predicted octanol–water partition coefficient (Wildman–Crippen LogP) is 8.19. The van der Waals surface area contributed by atoms with Crippen LogP contribution < -0.4 is 0 Å². The van der Waals surface area contributed by atoms with E-state index in [-0.39, 0.29) is 5.92 Å². The van der Waals surface area contributed by atoms with Gasteiger partial charge in [0.15, 0.2) is 0 Å². The quantitative estimate of drug-likeness (QED) is 0.283. The summed E-state index contributed by atoms with van der Waals surface area (Å²) in [7, 11) is 0. The molecule has 1 aliphatic carbocycles. The summed E-state index contributed by atoms with van der Waals surface area (Å²) in [5.41, 5.74) is 9.72. The van der Waals surface area contributed by atoms with Gasteiger partial charge in [0.2, 0.25) is 0 Å². The van der Waals surface area contributed by atoms with Crippen molar-refractivity contribution in [3.05, 3.63) is 143 Å². The van der Waals surface area contributed by atoms with Crippen molar-refractivity contribution in [2.45, 2.75) is 5.92 Å². The number of benzene rings is 5. The van der Waals surface area contributed by atoms with Gasteiger partial charge in [-0.1, -0.05) is 115 Å². The number of fused-ring (bicyclic) bond motifs is 2. The maximum atomic E-state index is 8.25.